The van der Waals surface area contributed by atoms with E-state index in [0.717, 1.165) is 11.1 Å². The van der Waals surface area contributed by atoms with Crippen molar-refractivity contribution in [3.63, 3.8) is 0 Å². The molecule has 0 radical (unpaired) electrons. The van der Waals surface area contributed by atoms with Gasteiger partial charge in [0.1, 0.15) is 0 Å². The highest BCUT2D eigenvalue weighted by Crippen LogP contribution is 2.26. The number of carbonyl (C=O) groups excluding carboxylic acids is 1. The van der Waals surface area contributed by atoms with E-state index >= 15 is 0 Å². The van der Waals surface area contributed by atoms with Crippen LogP contribution in [0.3, 0.4) is 0 Å². The van der Waals surface area contributed by atoms with Crippen molar-refractivity contribution in [2.75, 3.05) is 13.1 Å². The van der Waals surface area contributed by atoms with Crippen LogP contribution in [-0.4, -0.2) is 35.2 Å². The monoisotopic (exact) mass is 270 g/mol. The first kappa shape index (κ1) is 13.1. The van der Waals surface area contributed by atoms with Crippen molar-refractivity contribution >= 4 is 5.91 Å². The first-order valence-electron chi connectivity index (χ1n) is 6.96. The predicted octanol–water partition coefficient (Wildman–Crippen LogP) is 1.89. The molecule has 1 aliphatic heterocycles. The summed E-state index contributed by atoms with van der Waals surface area (Å²) in [5.74, 6) is -0.0809. The van der Waals surface area contributed by atoms with Gasteiger partial charge < -0.3 is 5.11 Å². The number of hydrogen-bond donors (Lipinski definition) is 2. The van der Waals surface area contributed by atoms with E-state index in [0.29, 0.717) is 31.5 Å². The molecule has 0 aromatic rings. The Bertz CT molecular complexity index is 577. The van der Waals surface area contributed by atoms with Crippen molar-refractivity contribution in [2.24, 2.45) is 0 Å². The Morgan fingerprint density at radius 2 is 1.85 bits per heavy atom. The SMILES string of the molecule is O=C(NN1CCC(O)CC1)c1ccc2cccccc1-2. The van der Waals surface area contributed by atoms with E-state index in [9.17, 15) is 9.90 Å². The fourth-order valence-electron chi connectivity index (χ4n) is 2.59. The largest absolute Gasteiger partial charge is 0.393 e. The van der Waals surface area contributed by atoms with Crippen LogP contribution in [-0.2, 0) is 0 Å². The molecule has 104 valence electrons. The maximum absolute atomic E-state index is 12.4. The normalized spacial score (nSPS) is 17.2. The zero-order chi connectivity index (χ0) is 13.9. The van der Waals surface area contributed by atoms with Crippen LogP contribution in [0.5, 0.6) is 0 Å². The van der Waals surface area contributed by atoms with Crippen LogP contribution < -0.4 is 5.43 Å². The lowest BCUT2D eigenvalue weighted by atomic mass is 10.1. The molecule has 0 aromatic heterocycles. The van der Waals surface area contributed by atoms with Gasteiger partial charge in [-0.15, -0.1) is 0 Å². The third kappa shape index (κ3) is 2.66. The molecule has 0 atom stereocenters. The molecule has 1 amide bonds. The highest BCUT2D eigenvalue weighted by atomic mass is 16.3. The van der Waals surface area contributed by atoms with Crippen LogP contribution in [0, 0.1) is 0 Å². The Labute approximate surface area is 118 Å². The minimum absolute atomic E-state index is 0.0809. The summed E-state index contributed by atoms with van der Waals surface area (Å²) in [7, 11) is 0. The summed E-state index contributed by atoms with van der Waals surface area (Å²) >= 11 is 0. The molecule has 4 nitrogen and oxygen atoms in total. The van der Waals surface area contributed by atoms with Gasteiger partial charge in [-0.3, -0.25) is 10.2 Å². The third-order valence-corrected chi connectivity index (χ3v) is 3.76. The van der Waals surface area contributed by atoms with E-state index in [4.69, 9.17) is 0 Å². The minimum atomic E-state index is -0.234. The standard InChI is InChI=1S/C16H18N2O2/c19-13-8-10-18(11-9-13)17-16(20)15-7-6-12-4-2-1-3-5-14(12)15/h1-7,13,19H,8-11H2,(H,17,20). The first-order valence-corrected chi connectivity index (χ1v) is 6.96. The molecule has 2 aliphatic carbocycles. The number of rotatable bonds is 2. The molecule has 1 fully saturated rings. The van der Waals surface area contributed by atoms with Gasteiger partial charge in [-0.25, -0.2) is 5.01 Å². The number of amides is 1. The zero-order valence-corrected chi connectivity index (χ0v) is 11.2. The van der Waals surface area contributed by atoms with Crippen molar-refractivity contribution in [1.82, 2.24) is 10.4 Å². The van der Waals surface area contributed by atoms with Gasteiger partial charge in [-0.1, -0.05) is 36.4 Å². The van der Waals surface area contributed by atoms with Crippen molar-refractivity contribution in [3.05, 3.63) is 48.0 Å². The molecule has 0 aromatic carbocycles. The average molecular weight is 270 g/mol. The molecule has 0 spiro atoms. The smallest absolute Gasteiger partial charge is 0.266 e. The number of nitrogens with one attached hydrogen (secondary N) is 1. The summed E-state index contributed by atoms with van der Waals surface area (Å²) in [4.78, 5) is 12.4. The molecular weight excluding hydrogens is 252 g/mol. The summed E-state index contributed by atoms with van der Waals surface area (Å²) < 4.78 is 0. The third-order valence-electron chi connectivity index (χ3n) is 3.76. The fraction of sp³-hybridized carbons (Fsp3) is 0.312. The molecule has 0 bridgehead atoms. The number of piperidine rings is 1. The van der Waals surface area contributed by atoms with E-state index in [2.05, 4.69) is 5.43 Å². The Kier molecular flexibility index (Phi) is 3.67. The Balaban J connectivity index is 1.74. The van der Waals surface area contributed by atoms with E-state index < -0.39 is 0 Å². The van der Waals surface area contributed by atoms with Crippen LogP contribution in [0.25, 0.3) is 11.1 Å². The topological polar surface area (TPSA) is 52.6 Å². The van der Waals surface area contributed by atoms with Gasteiger partial charge >= 0.3 is 0 Å². The van der Waals surface area contributed by atoms with Crippen LogP contribution in [0.2, 0.25) is 0 Å². The number of carbonyl (C=O) groups is 1. The lowest BCUT2D eigenvalue weighted by Crippen LogP contribution is -2.47. The zero-order valence-electron chi connectivity index (χ0n) is 11.2. The van der Waals surface area contributed by atoms with E-state index in [1.807, 2.05) is 47.5 Å². The lowest BCUT2D eigenvalue weighted by Gasteiger charge is -2.29. The highest BCUT2D eigenvalue weighted by molar-refractivity contribution is 6.01. The Hall–Kier alpha value is -1.91. The minimum Gasteiger partial charge on any atom is -0.393 e. The van der Waals surface area contributed by atoms with E-state index in [1.165, 1.54) is 0 Å². The lowest BCUT2D eigenvalue weighted by molar-refractivity contribution is 0.0467. The van der Waals surface area contributed by atoms with Crippen molar-refractivity contribution in [1.29, 1.82) is 0 Å². The maximum atomic E-state index is 12.4. The molecule has 4 heteroatoms. The van der Waals surface area contributed by atoms with Crippen LogP contribution >= 0.6 is 0 Å². The van der Waals surface area contributed by atoms with Gasteiger partial charge in [0.05, 0.1) is 6.10 Å². The quantitative estimate of drug-likeness (QED) is 0.876. The number of nitrogens with zero attached hydrogens (tertiary/aromatic N) is 1. The van der Waals surface area contributed by atoms with E-state index in [-0.39, 0.29) is 12.0 Å². The van der Waals surface area contributed by atoms with Gasteiger partial charge in [-0.2, -0.15) is 0 Å². The second-order valence-corrected chi connectivity index (χ2v) is 5.19. The Morgan fingerprint density at radius 1 is 1.10 bits per heavy atom. The average Bonchev–Trinajstić information content (AvgIpc) is 2.71. The first-order chi connectivity index (χ1) is 9.74. The van der Waals surface area contributed by atoms with E-state index in [1.54, 1.807) is 0 Å². The molecule has 0 unspecified atom stereocenters. The molecule has 2 N–H and O–H groups in total. The highest BCUT2D eigenvalue weighted by Gasteiger charge is 2.21. The van der Waals surface area contributed by atoms with Gasteiger partial charge in [0.15, 0.2) is 0 Å². The maximum Gasteiger partial charge on any atom is 0.266 e. The van der Waals surface area contributed by atoms with Crippen molar-refractivity contribution < 1.29 is 9.90 Å². The van der Waals surface area contributed by atoms with Gasteiger partial charge in [0, 0.05) is 18.7 Å². The molecular formula is C16H18N2O2. The van der Waals surface area contributed by atoms with Gasteiger partial charge in [0.2, 0.25) is 0 Å². The van der Waals surface area contributed by atoms with Crippen molar-refractivity contribution in [3.8, 4) is 11.1 Å². The van der Waals surface area contributed by atoms with Gasteiger partial charge in [-0.05, 0) is 30.0 Å². The summed E-state index contributed by atoms with van der Waals surface area (Å²) in [6.07, 6.45) is 1.18. The second-order valence-electron chi connectivity index (χ2n) is 5.19. The molecule has 1 saturated heterocycles. The van der Waals surface area contributed by atoms with Crippen molar-refractivity contribution in [2.45, 2.75) is 18.9 Å². The molecule has 0 saturated carbocycles. The van der Waals surface area contributed by atoms with Crippen LogP contribution in [0.1, 0.15) is 23.2 Å². The number of aliphatic hydroxyl groups is 1. The molecule has 20 heavy (non-hydrogen) atoms. The number of hydrazine groups is 1. The summed E-state index contributed by atoms with van der Waals surface area (Å²) in [5.41, 5.74) is 5.65. The summed E-state index contributed by atoms with van der Waals surface area (Å²) in [6.45, 7) is 1.39. The summed E-state index contributed by atoms with van der Waals surface area (Å²) in [5, 5.41) is 11.4. The molecule has 1 heterocycles. The molecule has 3 rings (SSSR count). The van der Waals surface area contributed by atoms with Gasteiger partial charge in [0.25, 0.3) is 5.91 Å². The van der Waals surface area contributed by atoms with Crippen LogP contribution in [0.15, 0.2) is 42.5 Å². The van der Waals surface area contributed by atoms with Crippen LogP contribution in [0.4, 0.5) is 0 Å². The second kappa shape index (κ2) is 5.61. The predicted molar refractivity (Wildman–Crippen MR) is 77.3 cm³/mol. The number of aliphatic hydroxyl groups excluding tert-OH is 1. The number of fused-ring (bicyclic) bond motifs is 1. The Morgan fingerprint density at radius 3 is 2.65 bits per heavy atom. The fourth-order valence-corrected chi connectivity index (χ4v) is 2.59. The molecule has 3 aliphatic rings. The summed E-state index contributed by atoms with van der Waals surface area (Å²) in [6, 6.07) is 13.6. The number of hydrogen-bond acceptors (Lipinski definition) is 3.